The summed E-state index contributed by atoms with van der Waals surface area (Å²) in [5.74, 6) is 1.92. The van der Waals surface area contributed by atoms with E-state index in [1.807, 2.05) is 23.9 Å². The van der Waals surface area contributed by atoms with Crippen molar-refractivity contribution in [3.8, 4) is 5.75 Å². The highest BCUT2D eigenvalue weighted by molar-refractivity contribution is 7.99. The molecule has 0 saturated heterocycles. The summed E-state index contributed by atoms with van der Waals surface area (Å²) in [6, 6.07) is 17.2. The second-order valence-corrected chi connectivity index (χ2v) is 6.05. The van der Waals surface area contributed by atoms with E-state index in [0.717, 1.165) is 18.0 Å². The Morgan fingerprint density at radius 2 is 1.81 bits per heavy atom. The van der Waals surface area contributed by atoms with E-state index in [2.05, 4.69) is 55.6 Å². The Balaban J connectivity index is 2.04. The van der Waals surface area contributed by atoms with Crippen molar-refractivity contribution in [3.63, 3.8) is 0 Å². The SMILES string of the molecule is CCNC(CSc1ccc(OC)cc1)c1ccccc1C. The lowest BCUT2D eigenvalue weighted by Crippen LogP contribution is -2.23. The molecule has 0 spiro atoms. The number of hydrogen-bond acceptors (Lipinski definition) is 3. The molecule has 1 N–H and O–H groups in total. The van der Waals surface area contributed by atoms with Crippen molar-refractivity contribution in [2.45, 2.75) is 24.8 Å². The summed E-state index contributed by atoms with van der Waals surface area (Å²) in [5, 5.41) is 3.59. The van der Waals surface area contributed by atoms with Crippen molar-refractivity contribution in [2.75, 3.05) is 19.4 Å². The Hall–Kier alpha value is -1.45. The molecule has 2 nitrogen and oxygen atoms in total. The largest absolute Gasteiger partial charge is 0.497 e. The summed E-state index contributed by atoms with van der Waals surface area (Å²) in [5.41, 5.74) is 2.74. The molecule has 1 unspecified atom stereocenters. The van der Waals surface area contributed by atoms with Crippen LogP contribution in [-0.4, -0.2) is 19.4 Å². The van der Waals surface area contributed by atoms with E-state index in [1.54, 1.807) is 7.11 Å². The standard InChI is InChI=1S/C18H23NOS/c1-4-19-18(17-8-6-5-7-14(17)2)13-21-16-11-9-15(20-3)10-12-16/h5-12,18-19H,4,13H2,1-3H3. The first-order chi connectivity index (χ1) is 10.2. The van der Waals surface area contributed by atoms with E-state index < -0.39 is 0 Å². The molecule has 112 valence electrons. The zero-order chi connectivity index (χ0) is 15.1. The molecule has 0 aliphatic rings. The van der Waals surface area contributed by atoms with E-state index in [9.17, 15) is 0 Å². The number of methoxy groups -OCH3 is 1. The Bertz CT molecular complexity index is 553. The predicted molar refractivity (Wildman–Crippen MR) is 91.3 cm³/mol. The maximum absolute atomic E-state index is 5.20. The third-order valence-electron chi connectivity index (χ3n) is 3.49. The van der Waals surface area contributed by atoms with E-state index >= 15 is 0 Å². The molecule has 0 radical (unpaired) electrons. The van der Waals surface area contributed by atoms with Gasteiger partial charge in [-0.1, -0.05) is 31.2 Å². The summed E-state index contributed by atoms with van der Waals surface area (Å²) >= 11 is 1.87. The fourth-order valence-corrected chi connectivity index (χ4v) is 3.32. The van der Waals surface area contributed by atoms with Gasteiger partial charge in [-0.05, 0) is 48.9 Å². The highest BCUT2D eigenvalue weighted by atomic mass is 32.2. The minimum Gasteiger partial charge on any atom is -0.497 e. The zero-order valence-electron chi connectivity index (χ0n) is 12.9. The van der Waals surface area contributed by atoms with Crippen LogP contribution >= 0.6 is 11.8 Å². The van der Waals surface area contributed by atoms with Gasteiger partial charge >= 0.3 is 0 Å². The van der Waals surface area contributed by atoms with Gasteiger partial charge in [-0.2, -0.15) is 0 Å². The number of hydrogen-bond donors (Lipinski definition) is 1. The van der Waals surface area contributed by atoms with E-state index in [0.29, 0.717) is 6.04 Å². The van der Waals surface area contributed by atoms with Gasteiger partial charge in [-0.3, -0.25) is 0 Å². The normalized spacial score (nSPS) is 12.1. The van der Waals surface area contributed by atoms with E-state index in [4.69, 9.17) is 4.74 Å². The molecule has 1 atom stereocenters. The molecule has 0 heterocycles. The lowest BCUT2D eigenvalue weighted by Gasteiger charge is -2.20. The first-order valence-corrected chi connectivity index (χ1v) is 8.29. The number of thioether (sulfide) groups is 1. The minimum atomic E-state index is 0.378. The number of aryl methyl sites for hydroxylation is 1. The van der Waals surface area contributed by atoms with Crippen LogP contribution in [0.2, 0.25) is 0 Å². The molecule has 2 aromatic carbocycles. The second-order valence-electron chi connectivity index (χ2n) is 4.95. The third kappa shape index (κ3) is 4.51. The van der Waals surface area contributed by atoms with Gasteiger partial charge in [0.15, 0.2) is 0 Å². The molecule has 0 aliphatic carbocycles. The summed E-state index contributed by atoms with van der Waals surface area (Å²) < 4.78 is 5.20. The molecule has 0 bridgehead atoms. The van der Waals surface area contributed by atoms with Gasteiger partial charge in [0.1, 0.15) is 5.75 Å². The van der Waals surface area contributed by atoms with Crippen LogP contribution < -0.4 is 10.1 Å². The van der Waals surface area contributed by atoms with Crippen molar-refractivity contribution in [1.29, 1.82) is 0 Å². The number of ether oxygens (including phenoxy) is 1. The Morgan fingerprint density at radius 1 is 1.10 bits per heavy atom. The second kappa shape index (κ2) is 8.11. The van der Waals surface area contributed by atoms with Gasteiger partial charge < -0.3 is 10.1 Å². The molecule has 0 saturated carbocycles. The number of rotatable bonds is 7. The van der Waals surface area contributed by atoms with Crippen LogP contribution in [0.15, 0.2) is 53.4 Å². The van der Waals surface area contributed by atoms with Gasteiger partial charge in [0.2, 0.25) is 0 Å². The van der Waals surface area contributed by atoms with Gasteiger partial charge in [0.25, 0.3) is 0 Å². The van der Waals surface area contributed by atoms with Gasteiger partial charge in [-0.15, -0.1) is 11.8 Å². The molecule has 0 aromatic heterocycles. The van der Waals surface area contributed by atoms with Gasteiger partial charge in [-0.25, -0.2) is 0 Å². The molecule has 3 heteroatoms. The average molecular weight is 301 g/mol. The molecular formula is C18H23NOS. The highest BCUT2D eigenvalue weighted by Crippen LogP contribution is 2.27. The van der Waals surface area contributed by atoms with Crippen LogP contribution in [0, 0.1) is 6.92 Å². The van der Waals surface area contributed by atoms with Crippen molar-refractivity contribution in [1.82, 2.24) is 5.32 Å². The van der Waals surface area contributed by atoms with Crippen LogP contribution in [0.25, 0.3) is 0 Å². The molecule has 2 rings (SSSR count). The predicted octanol–water partition coefficient (Wildman–Crippen LogP) is 4.45. The van der Waals surface area contributed by atoms with Crippen molar-refractivity contribution in [3.05, 3.63) is 59.7 Å². The molecule has 0 aliphatic heterocycles. The monoisotopic (exact) mass is 301 g/mol. The number of benzene rings is 2. The van der Waals surface area contributed by atoms with Crippen LogP contribution in [0.5, 0.6) is 5.75 Å². The Labute approximate surface area is 131 Å². The first kappa shape index (κ1) is 15.9. The van der Waals surface area contributed by atoms with Crippen molar-refractivity contribution >= 4 is 11.8 Å². The van der Waals surface area contributed by atoms with E-state index in [1.165, 1.54) is 16.0 Å². The van der Waals surface area contributed by atoms with Crippen molar-refractivity contribution in [2.24, 2.45) is 0 Å². The molecule has 21 heavy (non-hydrogen) atoms. The summed E-state index contributed by atoms with van der Waals surface area (Å²) in [7, 11) is 1.70. The smallest absolute Gasteiger partial charge is 0.118 e. The summed E-state index contributed by atoms with van der Waals surface area (Å²) in [6.07, 6.45) is 0. The maximum atomic E-state index is 5.20. The lowest BCUT2D eigenvalue weighted by atomic mass is 10.0. The van der Waals surface area contributed by atoms with Crippen molar-refractivity contribution < 1.29 is 4.74 Å². The summed E-state index contributed by atoms with van der Waals surface area (Å²) in [4.78, 5) is 1.27. The fourth-order valence-electron chi connectivity index (χ4n) is 2.33. The fraction of sp³-hybridized carbons (Fsp3) is 0.333. The van der Waals surface area contributed by atoms with Crippen LogP contribution in [0.1, 0.15) is 24.1 Å². The van der Waals surface area contributed by atoms with E-state index in [-0.39, 0.29) is 0 Å². The summed E-state index contributed by atoms with van der Waals surface area (Å²) in [6.45, 7) is 5.31. The Kier molecular flexibility index (Phi) is 6.15. The Morgan fingerprint density at radius 3 is 2.43 bits per heavy atom. The van der Waals surface area contributed by atoms with Crippen LogP contribution in [0.4, 0.5) is 0 Å². The lowest BCUT2D eigenvalue weighted by molar-refractivity contribution is 0.414. The van der Waals surface area contributed by atoms with Gasteiger partial charge in [0, 0.05) is 16.7 Å². The van der Waals surface area contributed by atoms with Crippen LogP contribution in [0.3, 0.4) is 0 Å². The minimum absolute atomic E-state index is 0.378. The third-order valence-corrected chi connectivity index (χ3v) is 4.60. The molecule has 0 amide bonds. The maximum Gasteiger partial charge on any atom is 0.118 e. The molecule has 0 fully saturated rings. The molecule has 2 aromatic rings. The van der Waals surface area contributed by atoms with Crippen LogP contribution in [-0.2, 0) is 0 Å². The quantitative estimate of drug-likeness (QED) is 0.764. The zero-order valence-corrected chi connectivity index (χ0v) is 13.7. The number of nitrogens with one attached hydrogen (secondary N) is 1. The van der Waals surface area contributed by atoms with Gasteiger partial charge in [0.05, 0.1) is 7.11 Å². The first-order valence-electron chi connectivity index (χ1n) is 7.30. The highest BCUT2D eigenvalue weighted by Gasteiger charge is 2.12. The molecular weight excluding hydrogens is 278 g/mol. The topological polar surface area (TPSA) is 21.3 Å². The average Bonchev–Trinajstić information content (AvgIpc) is 2.53.